The topological polar surface area (TPSA) is 58.3 Å². The molecule has 0 aromatic heterocycles. The summed E-state index contributed by atoms with van der Waals surface area (Å²) < 4.78 is 0. The molecule has 0 saturated carbocycles. The lowest BCUT2D eigenvalue weighted by atomic mass is 10.2. The molecule has 2 aromatic rings. The summed E-state index contributed by atoms with van der Waals surface area (Å²) in [6, 6.07) is 17.7. The van der Waals surface area contributed by atoms with Crippen molar-refractivity contribution >= 4 is 17.5 Å². The fourth-order valence-electron chi connectivity index (χ4n) is 4.44. The van der Waals surface area contributed by atoms with Gasteiger partial charge in [-0.05, 0) is 24.3 Å². The SMILES string of the molecule is O=C(C[NH+]1CCN(C(=O)c2ccccc2)CC1)Nc1ccc(C[NH+]2CCCC2)cc1. The van der Waals surface area contributed by atoms with Gasteiger partial charge in [-0.15, -0.1) is 0 Å². The number of anilines is 1. The molecule has 0 bridgehead atoms. The van der Waals surface area contributed by atoms with Crippen LogP contribution in [0.5, 0.6) is 0 Å². The lowest BCUT2D eigenvalue weighted by Crippen LogP contribution is -3.15. The van der Waals surface area contributed by atoms with Crippen LogP contribution in [0, 0.1) is 0 Å². The summed E-state index contributed by atoms with van der Waals surface area (Å²) in [7, 11) is 0. The molecule has 2 aliphatic heterocycles. The van der Waals surface area contributed by atoms with E-state index in [2.05, 4.69) is 17.4 Å². The van der Waals surface area contributed by atoms with E-state index < -0.39 is 0 Å². The van der Waals surface area contributed by atoms with Gasteiger partial charge in [-0.3, -0.25) is 9.59 Å². The van der Waals surface area contributed by atoms with Crippen LogP contribution in [0.25, 0.3) is 0 Å². The lowest BCUT2D eigenvalue weighted by Gasteiger charge is -2.32. The minimum absolute atomic E-state index is 0.0331. The molecule has 158 valence electrons. The summed E-state index contributed by atoms with van der Waals surface area (Å²) in [5.41, 5.74) is 2.92. The summed E-state index contributed by atoms with van der Waals surface area (Å²) in [5, 5.41) is 3.02. The smallest absolute Gasteiger partial charge is 0.279 e. The fourth-order valence-corrected chi connectivity index (χ4v) is 4.44. The van der Waals surface area contributed by atoms with E-state index in [1.165, 1.54) is 36.4 Å². The number of carbonyl (C=O) groups excluding carboxylic acids is 2. The number of nitrogens with one attached hydrogen (secondary N) is 3. The van der Waals surface area contributed by atoms with E-state index in [1.54, 1.807) is 4.90 Å². The number of piperazine rings is 1. The normalized spacial score (nSPS) is 17.8. The predicted octanol–water partition coefficient (Wildman–Crippen LogP) is -0.155. The summed E-state index contributed by atoms with van der Waals surface area (Å²) in [6.45, 7) is 7.01. The molecule has 2 saturated heterocycles. The average Bonchev–Trinajstić information content (AvgIpc) is 3.29. The monoisotopic (exact) mass is 408 g/mol. The van der Waals surface area contributed by atoms with Crippen molar-refractivity contribution in [3.8, 4) is 0 Å². The van der Waals surface area contributed by atoms with Gasteiger partial charge in [-0.25, -0.2) is 0 Å². The lowest BCUT2D eigenvalue weighted by molar-refractivity contribution is -0.901. The zero-order valence-electron chi connectivity index (χ0n) is 17.5. The third kappa shape index (κ3) is 5.46. The summed E-state index contributed by atoms with van der Waals surface area (Å²) in [5.74, 6) is 0.112. The second kappa shape index (κ2) is 9.87. The molecular weight excluding hydrogens is 376 g/mol. The molecule has 2 aromatic carbocycles. The number of rotatable bonds is 6. The third-order valence-electron chi connectivity index (χ3n) is 6.19. The van der Waals surface area contributed by atoms with E-state index >= 15 is 0 Å². The van der Waals surface area contributed by atoms with Crippen LogP contribution in [0.4, 0.5) is 5.69 Å². The highest BCUT2D eigenvalue weighted by Crippen LogP contribution is 2.09. The van der Waals surface area contributed by atoms with Crippen molar-refractivity contribution in [3.63, 3.8) is 0 Å². The maximum atomic E-state index is 12.5. The molecule has 2 heterocycles. The van der Waals surface area contributed by atoms with Gasteiger partial charge >= 0.3 is 0 Å². The third-order valence-corrected chi connectivity index (χ3v) is 6.19. The summed E-state index contributed by atoms with van der Waals surface area (Å²) in [6.07, 6.45) is 2.67. The molecule has 0 radical (unpaired) electrons. The second-order valence-corrected chi connectivity index (χ2v) is 8.46. The van der Waals surface area contributed by atoms with Gasteiger partial charge in [0.1, 0.15) is 6.54 Å². The van der Waals surface area contributed by atoms with Crippen molar-refractivity contribution < 1.29 is 19.4 Å². The molecule has 4 rings (SSSR count). The minimum Gasteiger partial charge on any atom is -0.331 e. The van der Waals surface area contributed by atoms with E-state index in [4.69, 9.17) is 0 Å². The molecule has 2 amide bonds. The largest absolute Gasteiger partial charge is 0.331 e. The first-order valence-corrected chi connectivity index (χ1v) is 11.1. The Labute approximate surface area is 178 Å². The van der Waals surface area contributed by atoms with Gasteiger partial charge in [0, 0.05) is 29.7 Å². The Kier molecular flexibility index (Phi) is 6.77. The van der Waals surface area contributed by atoms with Crippen molar-refractivity contribution in [3.05, 3.63) is 65.7 Å². The van der Waals surface area contributed by atoms with Crippen molar-refractivity contribution in [2.75, 3.05) is 51.1 Å². The van der Waals surface area contributed by atoms with Crippen molar-refractivity contribution in [1.29, 1.82) is 0 Å². The van der Waals surface area contributed by atoms with Gasteiger partial charge in [0.25, 0.3) is 11.8 Å². The number of amides is 2. The van der Waals surface area contributed by atoms with Crippen molar-refractivity contribution in [2.24, 2.45) is 0 Å². The number of quaternary nitrogens is 2. The molecule has 0 unspecified atom stereocenters. The molecule has 2 fully saturated rings. The van der Waals surface area contributed by atoms with Crippen molar-refractivity contribution in [1.82, 2.24) is 4.90 Å². The van der Waals surface area contributed by atoms with Gasteiger partial charge in [-0.2, -0.15) is 0 Å². The summed E-state index contributed by atoms with van der Waals surface area (Å²) >= 11 is 0. The number of nitrogens with zero attached hydrogens (tertiary/aromatic N) is 1. The van der Waals surface area contributed by atoms with Gasteiger partial charge in [0.05, 0.1) is 39.3 Å². The predicted molar refractivity (Wildman–Crippen MR) is 117 cm³/mol. The number of carbonyl (C=O) groups is 2. The molecule has 6 nitrogen and oxygen atoms in total. The molecule has 30 heavy (non-hydrogen) atoms. The first-order chi connectivity index (χ1) is 14.7. The van der Waals surface area contributed by atoms with Gasteiger partial charge in [0.2, 0.25) is 0 Å². The zero-order valence-corrected chi connectivity index (χ0v) is 17.5. The summed E-state index contributed by atoms with van der Waals surface area (Å²) in [4.78, 5) is 29.8. The maximum absolute atomic E-state index is 12.5. The van der Waals surface area contributed by atoms with Gasteiger partial charge < -0.3 is 20.0 Å². The number of benzene rings is 2. The number of likely N-dealkylation sites (tertiary alicyclic amines) is 1. The van der Waals surface area contributed by atoms with Gasteiger partial charge in [-0.1, -0.05) is 30.3 Å². The molecular formula is C24H32N4O2+2. The quantitative estimate of drug-likeness (QED) is 0.623. The second-order valence-electron chi connectivity index (χ2n) is 8.46. The zero-order chi connectivity index (χ0) is 20.8. The molecule has 0 spiro atoms. The van der Waals surface area contributed by atoms with Crippen LogP contribution >= 0.6 is 0 Å². The fraction of sp³-hybridized carbons (Fsp3) is 0.417. The van der Waals surface area contributed by atoms with E-state index in [-0.39, 0.29) is 11.8 Å². The molecule has 2 aliphatic rings. The molecule has 0 aliphatic carbocycles. The Bertz CT molecular complexity index is 839. The Balaban J connectivity index is 1.21. The van der Waals surface area contributed by atoms with Gasteiger partial charge in [0.15, 0.2) is 6.54 Å². The highest BCUT2D eigenvalue weighted by molar-refractivity contribution is 5.94. The van der Waals surface area contributed by atoms with Crippen LogP contribution in [-0.2, 0) is 11.3 Å². The highest BCUT2D eigenvalue weighted by Gasteiger charge is 2.25. The van der Waals surface area contributed by atoms with Crippen LogP contribution in [0.1, 0.15) is 28.8 Å². The number of hydrogen-bond acceptors (Lipinski definition) is 2. The van der Waals surface area contributed by atoms with E-state index in [0.29, 0.717) is 19.6 Å². The van der Waals surface area contributed by atoms with E-state index in [1.807, 2.05) is 47.4 Å². The number of hydrogen-bond donors (Lipinski definition) is 3. The first-order valence-electron chi connectivity index (χ1n) is 11.1. The van der Waals surface area contributed by atoms with E-state index in [0.717, 1.165) is 30.9 Å². The van der Waals surface area contributed by atoms with Crippen molar-refractivity contribution in [2.45, 2.75) is 19.4 Å². The Morgan fingerprint density at radius 1 is 0.833 bits per heavy atom. The Hall–Kier alpha value is -2.70. The van der Waals surface area contributed by atoms with Crippen LogP contribution in [0.3, 0.4) is 0 Å². The highest BCUT2D eigenvalue weighted by atomic mass is 16.2. The van der Waals surface area contributed by atoms with Crippen LogP contribution in [0.15, 0.2) is 54.6 Å². The van der Waals surface area contributed by atoms with Crippen LogP contribution < -0.4 is 15.1 Å². The maximum Gasteiger partial charge on any atom is 0.279 e. The standard InChI is InChI=1S/C24H30N4O2/c29-23(25-22-10-8-20(9-11-22)18-26-12-4-5-13-26)19-27-14-16-28(17-15-27)24(30)21-6-2-1-3-7-21/h1-3,6-11H,4-5,12-19H2,(H,25,29)/p+2. The van der Waals surface area contributed by atoms with Crippen LogP contribution in [0.2, 0.25) is 0 Å². The van der Waals surface area contributed by atoms with Crippen LogP contribution in [-0.4, -0.2) is 62.5 Å². The first kappa shape index (κ1) is 20.6. The van der Waals surface area contributed by atoms with E-state index in [9.17, 15) is 9.59 Å². The molecule has 0 atom stereocenters. The Morgan fingerprint density at radius 2 is 1.50 bits per heavy atom. The molecule has 6 heteroatoms. The molecule has 3 N–H and O–H groups in total. The Morgan fingerprint density at radius 3 is 2.17 bits per heavy atom. The minimum atomic E-state index is 0.0331. The average molecular weight is 409 g/mol.